The van der Waals surface area contributed by atoms with Gasteiger partial charge in [0.25, 0.3) is 5.56 Å². The Bertz CT molecular complexity index is 1020. The molecule has 1 aromatic carbocycles. The Balaban J connectivity index is 1.31. The van der Waals surface area contributed by atoms with E-state index in [1.54, 1.807) is 0 Å². The summed E-state index contributed by atoms with van der Waals surface area (Å²) in [5.74, 6) is 0.857. The molecule has 3 aliphatic rings. The number of benzene rings is 1. The summed E-state index contributed by atoms with van der Waals surface area (Å²) in [5.41, 5.74) is 4.01. The first-order chi connectivity index (χ1) is 15.0. The number of aryl methyl sites for hydroxylation is 1. The molecule has 2 aromatic rings. The Kier molecular flexibility index (Phi) is 5.30. The van der Waals surface area contributed by atoms with E-state index in [2.05, 4.69) is 28.9 Å². The van der Waals surface area contributed by atoms with E-state index in [0.29, 0.717) is 25.6 Å². The van der Waals surface area contributed by atoms with Gasteiger partial charge >= 0.3 is 0 Å². The summed E-state index contributed by atoms with van der Waals surface area (Å²) in [6, 6.07) is 8.18. The number of hydrogen-bond donors (Lipinski definition) is 1. The summed E-state index contributed by atoms with van der Waals surface area (Å²) in [5, 5.41) is 0. The lowest BCUT2D eigenvalue weighted by Crippen LogP contribution is -2.45. The maximum absolute atomic E-state index is 12.9. The zero-order chi connectivity index (χ0) is 21.4. The molecule has 0 unspecified atom stereocenters. The zero-order valence-electron chi connectivity index (χ0n) is 18.2. The molecule has 31 heavy (non-hydrogen) atoms. The normalized spacial score (nSPS) is 20.2. The van der Waals surface area contributed by atoms with Crippen LogP contribution in [0, 0.1) is 6.92 Å². The lowest BCUT2D eigenvalue weighted by atomic mass is 9.76. The molecule has 7 nitrogen and oxygen atoms in total. The molecule has 1 aliphatic carbocycles. The third-order valence-electron chi connectivity index (χ3n) is 7.22. The highest BCUT2D eigenvalue weighted by atomic mass is 16.5. The van der Waals surface area contributed by atoms with Crippen LogP contribution in [0.2, 0.25) is 0 Å². The van der Waals surface area contributed by atoms with Gasteiger partial charge < -0.3 is 14.5 Å². The van der Waals surface area contributed by atoms with Crippen molar-refractivity contribution < 1.29 is 9.53 Å². The van der Waals surface area contributed by atoms with Gasteiger partial charge in [-0.3, -0.25) is 14.6 Å². The summed E-state index contributed by atoms with van der Waals surface area (Å²) in [4.78, 5) is 37.7. The van der Waals surface area contributed by atoms with Crippen LogP contribution >= 0.6 is 0 Å². The van der Waals surface area contributed by atoms with Gasteiger partial charge in [-0.1, -0.05) is 29.8 Å². The van der Waals surface area contributed by atoms with E-state index in [9.17, 15) is 9.59 Å². The average Bonchev–Trinajstić information content (AvgIpc) is 3.15. The SMILES string of the molecule is Cc1ccc(CC(=O)N2CCC3(CCc4c3nc(N3CCOCC3)[nH]c4=O)CC2)cc1. The maximum atomic E-state index is 12.9. The highest BCUT2D eigenvalue weighted by Gasteiger charge is 2.44. The molecule has 1 spiro atoms. The molecule has 2 fully saturated rings. The second-order valence-electron chi connectivity index (χ2n) is 9.14. The maximum Gasteiger partial charge on any atom is 0.255 e. The van der Waals surface area contributed by atoms with E-state index in [4.69, 9.17) is 9.72 Å². The third kappa shape index (κ3) is 3.87. The minimum absolute atomic E-state index is 0.00115. The summed E-state index contributed by atoms with van der Waals surface area (Å²) in [6.07, 6.45) is 3.92. The Morgan fingerprint density at radius 3 is 2.52 bits per heavy atom. The number of aromatic nitrogens is 2. The van der Waals surface area contributed by atoms with Crippen LogP contribution in [0.15, 0.2) is 29.1 Å². The quantitative estimate of drug-likeness (QED) is 0.818. The van der Waals surface area contributed by atoms with Crippen molar-refractivity contribution in [1.82, 2.24) is 14.9 Å². The third-order valence-corrected chi connectivity index (χ3v) is 7.22. The first-order valence-electron chi connectivity index (χ1n) is 11.3. The number of aromatic amines is 1. The molecular formula is C24H30N4O3. The topological polar surface area (TPSA) is 78.5 Å². The summed E-state index contributed by atoms with van der Waals surface area (Å²) in [6.45, 7) is 6.32. The Labute approximate surface area is 182 Å². The van der Waals surface area contributed by atoms with Crippen LogP contribution in [0.3, 0.4) is 0 Å². The van der Waals surface area contributed by atoms with Gasteiger partial charge in [-0.25, -0.2) is 4.98 Å². The highest BCUT2D eigenvalue weighted by Crippen LogP contribution is 2.44. The van der Waals surface area contributed by atoms with E-state index in [1.807, 2.05) is 17.0 Å². The van der Waals surface area contributed by atoms with Crippen LogP contribution in [-0.2, 0) is 27.8 Å². The second kappa shape index (κ2) is 8.11. The van der Waals surface area contributed by atoms with Crippen LogP contribution < -0.4 is 10.5 Å². The smallest absolute Gasteiger partial charge is 0.255 e. The standard InChI is InChI=1S/C24H30N4O3/c1-17-2-4-18(5-3-17)16-20(29)27-10-8-24(9-11-27)7-6-19-21(24)25-23(26-22(19)30)28-12-14-31-15-13-28/h2-5H,6-16H2,1H3,(H,25,26,30). The minimum atomic E-state index is -0.0781. The molecule has 3 heterocycles. The number of carbonyl (C=O) groups excluding carboxylic acids is 1. The van der Waals surface area contributed by atoms with Gasteiger partial charge in [-0.05, 0) is 38.2 Å². The fraction of sp³-hybridized carbons (Fsp3) is 0.542. The summed E-state index contributed by atoms with van der Waals surface area (Å²) >= 11 is 0. The van der Waals surface area contributed by atoms with Crippen LogP contribution in [-0.4, -0.2) is 60.2 Å². The molecule has 0 atom stereocenters. The predicted octanol–water partition coefficient (Wildman–Crippen LogP) is 1.96. The van der Waals surface area contributed by atoms with Gasteiger partial charge in [-0.2, -0.15) is 0 Å². The number of morpholine rings is 1. The monoisotopic (exact) mass is 422 g/mol. The van der Waals surface area contributed by atoms with Crippen molar-refractivity contribution in [1.29, 1.82) is 0 Å². The molecule has 1 aromatic heterocycles. The number of rotatable bonds is 3. The first-order valence-corrected chi connectivity index (χ1v) is 11.3. The molecule has 1 N–H and O–H groups in total. The van der Waals surface area contributed by atoms with Gasteiger partial charge in [0.2, 0.25) is 11.9 Å². The van der Waals surface area contributed by atoms with E-state index >= 15 is 0 Å². The number of hydrogen-bond acceptors (Lipinski definition) is 5. The number of nitrogens with zero attached hydrogens (tertiary/aromatic N) is 3. The highest BCUT2D eigenvalue weighted by molar-refractivity contribution is 5.79. The fourth-order valence-corrected chi connectivity index (χ4v) is 5.23. The van der Waals surface area contributed by atoms with Crippen molar-refractivity contribution in [3.63, 3.8) is 0 Å². The van der Waals surface area contributed by atoms with Crippen LogP contribution in [0.25, 0.3) is 0 Å². The largest absolute Gasteiger partial charge is 0.378 e. The number of H-pyrrole nitrogens is 1. The number of amides is 1. The van der Waals surface area contributed by atoms with Crippen molar-refractivity contribution >= 4 is 11.9 Å². The lowest BCUT2D eigenvalue weighted by molar-refractivity contribution is -0.132. The first kappa shape index (κ1) is 20.2. The number of ether oxygens (including phenoxy) is 1. The van der Waals surface area contributed by atoms with E-state index in [-0.39, 0.29) is 16.9 Å². The number of piperidine rings is 1. The number of anilines is 1. The molecule has 2 saturated heterocycles. The summed E-state index contributed by atoms with van der Waals surface area (Å²) < 4.78 is 5.44. The molecule has 0 saturated carbocycles. The molecule has 0 radical (unpaired) electrons. The number of likely N-dealkylation sites (tertiary alicyclic amines) is 1. The Morgan fingerprint density at radius 1 is 1.10 bits per heavy atom. The van der Waals surface area contributed by atoms with E-state index in [1.165, 1.54) is 5.56 Å². The van der Waals surface area contributed by atoms with Gasteiger partial charge in [0.1, 0.15) is 0 Å². The average molecular weight is 423 g/mol. The van der Waals surface area contributed by atoms with Crippen molar-refractivity contribution in [2.24, 2.45) is 0 Å². The Morgan fingerprint density at radius 2 is 1.81 bits per heavy atom. The molecule has 1 amide bonds. The molecule has 2 aliphatic heterocycles. The Hall–Kier alpha value is -2.67. The zero-order valence-corrected chi connectivity index (χ0v) is 18.2. The van der Waals surface area contributed by atoms with Crippen LogP contribution in [0.5, 0.6) is 0 Å². The molecule has 7 heteroatoms. The van der Waals surface area contributed by atoms with Crippen molar-refractivity contribution in [2.75, 3.05) is 44.3 Å². The molecular weight excluding hydrogens is 392 g/mol. The van der Waals surface area contributed by atoms with Crippen LogP contribution in [0.1, 0.15) is 41.6 Å². The van der Waals surface area contributed by atoms with Crippen molar-refractivity contribution in [3.8, 4) is 0 Å². The fourth-order valence-electron chi connectivity index (χ4n) is 5.23. The minimum Gasteiger partial charge on any atom is -0.378 e. The van der Waals surface area contributed by atoms with Crippen LogP contribution in [0.4, 0.5) is 5.95 Å². The van der Waals surface area contributed by atoms with E-state index < -0.39 is 0 Å². The molecule has 5 rings (SSSR count). The van der Waals surface area contributed by atoms with Gasteiger partial charge in [-0.15, -0.1) is 0 Å². The number of fused-ring (bicyclic) bond motifs is 2. The summed E-state index contributed by atoms with van der Waals surface area (Å²) in [7, 11) is 0. The van der Waals surface area contributed by atoms with Crippen molar-refractivity contribution in [2.45, 2.75) is 44.4 Å². The predicted molar refractivity (Wildman–Crippen MR) is 119 cm³/mol. The lowest BCUT2D eigenvalue weighted by Gasteiger charge is -2.39. The van der Waals surface area contributed by atoms with Gasteiger partial charge in [0.15, 0.2) is 0 Å². The molecule has 164 valence electrons. The number of nitrogens with one attached hydrogen (secondary N) is 1. The van der Waals surface area contributed by atoms with E-state index in [0.717, 1.165) is 68.7 Å². The number of carbonyl (C=O) groups is 1. The van der Waals surface area contributed by atoms with Gasteiger partial charge in [0.05, 0.1) is 25.3 Å². The molecule has 0 bridgehead atoms. The van der Waals surface area contributed by atoms with Gasteiger partial charge in [0, 0.05) is 37.2 Å². The second-order valence-corrected chi connectivity index (χ2v) is 9.14. The van der Waals surface area contributed by atoms with Crippen molar-refractivity contribution in [3.05, 3.63) is 57.0 Å².